The minimum Gasteiger partial charge on any atom is -0.479 e. The average Bonchev–Trinajstić information content (AvgIpc) is 2.54. The molecule has 1 amide bonds. The summed E-state index contributed by atoms with van der Waals surface area (Å²) in [5, 5.41) is 18.1. The summed E-state index contributed by atoms with van der Waals surface area (Å²) in [6.07, 6.45) is -2.27. The summed E-state index contributed by atoms with van der Waals surface area (Å²) in [7, 11) is 0. The molecule has 92 valence electrons. The number of carboxylic acids is 1. The molecule has 0 bridgehead atoms. The van der Waals surface area contributed by atoms with Crippen molar-refractivity contribution in [3.8, 4) is 0 Å². The van der Waals surface area contributed by atoms with Crippen LogP contribution in [0.25, 0.3) is 0 Å². The smallest absolute Gasteiger partial charge is 0.408 e. The van der Waals surface area contributed by atoms with Gasteiger partial charge in [0.15, 0.2) is 0 Å². The lowest BCUT2D eigenvalue weighted by atomic mass is 9.90. The molecule has 2 N–H and O–H groups in total. The van der Waals surface area contributed by atoms with Crippen LogP contribution in [0.1, 0.15) is 19.3 Å². The van der Waals surface area contributed by atoms with E-state index in [1.807, 2.05) is 0 Å². The van der Waals surface area contributed by atoms with Crippen LogP contribution in [0.15, 0.2) is 0 Å². The highest BCUT2D eigenvalue weighted by atomic mass is 127. The number of likely N-dealkylation sites (tertiary alicyclic amines) is 1. The van der Waals surface area contributed by atoms with Gasteiger partial charge in [-0.05, 0) is 17.3 Å². The first-order chi connectivity index (χ1) is 7.44. The van der Waals surface area contributed by atoms with Crippen molar-refractivity contribution >= 4 is 34.7 Å². The SMILES string of the molecule is O=C(O)N1C[C@@H](F)C[C@@]1(CCCI)C(=O)O. The molecule has 1 aliphatic heterocycles. The van der Waals surface area contributed by atoms with Gasteiger partial charge >= 0.3 is 12.1 Å². The van der Waals surface area contributed by atoms with Gasteiger partial charge in [-0.25, -0.2) is 14.0 Å². The first-order valence-corrected chi connectivity index (χ1v) is 6.40. The van der Waals surface area contributed by atoms with E-state index < -0.39 is 23.8 Å². The zero-order chi connectivity index (χ0) is 12.3. The number of amides is 1. The van der Waals surface area contributed by atoms with E-state index in [4.69, 9.17) is 10.2 Å². The molecule has 1 fully saturated rings. The molecule has 0 aromatic carbocycles. The Bertz CT molecular complexity index is 301. The Kier molecular flexibility index (Phi) is 4.34. The number of rotatable bonds is 4. The highest BCUT2D eigenvalue weighted by molar-refractivity contribution is 14.1. The van der Waals surface area contributed by atoms with Crippen LogP contribution < -0.4 is 0 Å². The van der Waals surface area contributed by atoms with E-state index in [0.717, 1.165) is 9.33 Å². The second kappa shape index (κ2) is 5.15. The van der Waals surface area contributed by atoms with Gasteiger partial charge in [-0.15, -0.1) is 0 Å². The monoisotopic (exact) mass is 345 g/mol. The van der Waals surface area contributed by atoms with Gasteiger partial charge in [0.25, 0.3) is 0 Å². The van der Waals surface area contributed by atoms with Gasteiger partial charge in [-0.2, -0.15) is 0 Å². The van der Waals surface area contributed by atoms with Crippen molar-refractivity contribution in [2.45, 2.75) is 31.0 Å². The van der Waals surface area contributed by atoms with Crippen LogP contribution in [-0.4, -0.2) is 49.9 Å². The highest BCUT2D eigenvalue weighted by Crippen LogP contribution is 2.35. The summed E-state index contributed by atoms with van der Waals surface area (Å²) < 4.78 is 14.0. The molecule has 1 saturated heterocycles. The van der Waals surface area contributed by atoms with Crippen LogP contribution in [0.3, 0.4) is 0 Å². The molecular weight excluding hydrogens is 332 g/mol. The van der Waals surface area contributed by atoms with E-state index in [1.165, 1.54) is 0 Å². The maximum Gasteiger partial charge on any atom is 0.408 e. The molecule has 16 heavy (non-hydrogen) atoms. The number of carbonyl (C=O) groups is 2. The average molecular weight is 345 g/mol. The van der Waals surface area contributed by atoms with Crippen LogP contribution >= 0.6 is 22.6 Å². The summed E-state index contributed by atoms with van der Waals surface area (Å²) >= 11 is 2.08. The summed E-state index contributed by atoms with van der Waals surface area (Å²) in [4.78, 5) is 22.9. The molecule has 0 unspecified atom stereocenters. The lowest BCUT2D eigenvalue weighted by Gasteiger charge is -2.32. The third kappa shape index (κ3) is 2.38. The molecular formula is C9H13FINO4. The lowest BCUT2D eigenvalue weighted by Crippen LogP contribution is -2.52. The van der Waals surface area contributed by atoms with Crippen molar-refractivity contribution in [3.63, 3.8) is 0 Å². The molecule has 0 aromatic rings. The van der Waals surface area contributed by atoms with E-state index >= 15 is 0 Å². The maximum absolute atomic E-state index is 13.2. The number of carboxylic acid groups (broad SMARTS) is 2. The van der Waals surface area contributed by atoms with Crippen molar-refractivity contribution in [3.05, 3.63) is 0 Å². The topological polar surface area (TPSA) is 77.8 Å². The van der Waals surface area contributed by atoms with Crippen molar-refractivity contribution in [1.29, 1.82) is 0 Å². The van der Waals surface area contributed by atoms with E-state index in [-0.39, 0.29) is 19.4 Å². The zero-order valence-corrected chi connectivity index (χ0v) is 10.7. The molecule has 1 aliphatic rings. The predicted molar refractivity (Wildman–Crippen MR) is 62.7 cm³/mol. The van der Waals surface area contributed by atoms with Crippen LogP contribution in [-0.2, 0) is 4.79 Å². The quantitative estimate of drug-likeness (QED) is 0.601. The lowest BCUT2D eigenvalue weighted by molar-refractivity contribution is -0.149. The second-order valence-electron chi connectivity index (χ2n) is 3.82. The van der Waals surface area contributed by atoms with E-state index in [2.05, 4.69) is 22.6 Å². The summed E-state index contributed by atoms with van der Waals surface area (Å²) in [6, 6.07) is 0. The van der Waals surface area contributed by atoms with E-state index in [9.17, 15) is 14.0 Å². The third-order valence-electron chi connectivity index (χ3n) is 2.81. The molecule has 0 aliphatic carbocycles. The van der Waals surface area contributed by atoms with Crippen LogP contribution in [0.4, 0.5) is 9.18 Å². The largest absolute Gasteiger partial charge is 0.479 e. The minimum atomic E-state index is -1.57. The number of nitrogens with zero attached hydrogens (tertiary/aromatic N) is 1. The summed E-state index contributed by atoms with van der Waals surface area (Å²) in [6.45, 7) is -0.344. The number of alkyl halides is 2. The molecule has 7 heteroatoms. The van der Waals surface area contributed by atoms with Gasteiger partial charge in [0.2, 0.25) is 0 Å². The molecule has 5 nitrogen and oxygen atoms in total. The van der Waals surface area contributed by atoms with Gasteiger partial charge in [0, 0.05) is 6.42 Å². The fourth-order valence-corrected chi connectivity index (χ4v) is 2.46. The first kappa shape index (κ1) is 13.5. The molecule has 1 heterocycles. The summed E-state index contributed by atoms with van der Waals surface area (Å²) in [5.74, 6) is -1.25. The fourth-order valence-electron chi connectivity index (χ4n) is 2.08. The molecule has 0 saturated carbocycles. The second-order valence-corrected chi connectivity index (χ2v) is 4.90. The maximum atomic E-state index is 13.2. The number of hydrogen-bond acceptors (Lipinski definition) is 2. The Morgan fingerprint density at radius 1 is 1.50 bits per heavy atom. The Hall–Kier alpha value is -0.600. The van der Waals surface area contributed by atoms with Crippen molar-refractivity contribution in [1.82, 2.24) is 4.90 Å². The van der Waals surface area contributed by atoms with Crippen molar-refractivity contribution in [2.75, 3.05) is 11.0 Å². The van der Waals surface area contributed by atoms with Crippen molar-refractivity contribution < 1.29 is 24.2 Å². The molecule has 1 rings (SSSR count). The van der Waals surface area contributed by atoms with Gasteiger partial charge in [0.05, 0.1) is 6.54 Å². The Labute approximate surface area is 106 Å². The van der Waals surface area contributed by atoms with E-state index in [1.54, 1.807) is 0 Å². The third-order valence-corrected chi connectivity index (χ3v) is 3.57. The highest BCUT2D eigenvalue weighted by Gasteiger charge is 2.53. The van der Waals surface area contributed by atoms with Gasteiger partial charge in [0.1, 0.15) is 11.7 Å². The number of aliphatic carboxylic acids is 1. The minimum absolute atomic E-state index is 0.165. The number of hydrogen-bond donors (Lipinski definition) is 2. The van der Waals surface area contributed by atoms with Gasteiger partial charge in [-0.1, -0.05) is 22.6 Å². The molecule has 0 spiro atoms. The van der Waals surface area contributed by atoms with Gasteiger partial charge < -0.3 is 10.2 Å². The Morgan fingerprint density at radius 3 is 2.56 bits per heavy atom. The van der Waals surface area contributed by atoms with Crippen LogP contribution in [0.2, 0.25) is 0 Å². The van der Waals surface area contributed by atoms with E-state index in [0.29, 0.717) is 6.42 Å². The molecule has 0 radical (unpaired) electrons. The molecule has 0 aromatic heterocycles. The predicted octanol–water partition coefficient (Wildman–Crippen LogP) is 1.75. The standard InChI is InChI=1S/C9H13FINO4/c10-6-4-9(7(13)14,2-1-3-11)12(5-6)8(15)16/h6H,1-5H2,(H,13,14)(H,15,16)/t6-,9-/m0/s1. The number of halogens is 2. The first-order valence-electron chi connectivity index (χ1n) is 4.88. The zero-order valence-electron chi connectivity index (χ0n) is 8.53. The van der Waals surface area contributed by atoms with Gasteiger partial charge in [-0.3, -0.25) is 4.90 Å². The Morgan fingerprint density at radius 2 is 2.12 bits per heavy atom. The normalized spacial score (nSPS) is 29.4. The molecule has 2 atom stereocenters. The Balaban J connectivity index is 2.96. The van der Waals surface area contributed by atoms with Crippen molar-refractivity contribution in [2.24, 2.45) is 0 Å². The van der Waals surface area contributed by atoms with Crippen LogP contribution in [0, 0.1) is 0 Å². The fraction of sp³-hybridized carbons (Fsp3) is 0.778. The van der Waals surface area contributed by atoms with Crippen LogP contribution in [0.5, 0.6) is 0 Å². The summed E-state index contributed by atoms with van der Waals surface area (Å²) in [5.41, 5.74) is -1.57.